The fourth-order valence-electron chi connectivity index (χ4n) is 4.58. The third kappa shape index (κ3) is 8.54. The maximum Gasteiger partial charge on any atom is 0.409 e. The molecule has 3 amide bonds. The number of ether oxygens (including phenoxy) is 2. The molecule has 40 heavy (non-hydrogen) atoms. The van der Waals surface area contributed by atoms with E-state index in [1.54, 1.807) is 0 Å². The molecule has 1 fully saturated rings. The summed E-state index contributed by atoms with van der Waals surface area (Å²) in [5.74, 6) is 0.0779. The average Bonchev–Trinajstić information content (AvgIpc) is 2.91. The van der Waals surface area contributed by atoms with E-state index in [1.165, 1.54) is 11.8 Å². The van der Waals surface area contributed by atoms with Crippen molar-refractivity contribution in [1.82, 2.24) is 30.8 Å². The third-order valence-electron chi connectivity index (χ3n) is 6.69. The van der Waals surface area contributed by atoms with Gasteiger partial charge in [0.25, 0.3) is 5.91 Å². The zero-order valence-electron chi connectivity index (χ0n) is 23.0. The molecule has 2 aliphatic rings. The highest BCUT2D eigenvalue weighted by molar-refractivity contribution is 7.99. The van der Waals surface area contributed by atoms with Crippen molar-refractivity contribution >= 4 is 35.6 Å². The zero-order valence-corrected chi connectivity index (χ0v) is 23.8. The standard InChI is InChI=1S/C27H37N7O5S/c1-17-14-18(2)20-15-19(17)21-16-24(33-26(28)31-21)40-13-5-22(35)32-23(4-3-6-29-25(20)36)39-27(37)30-7-8-34-9-11-38-12-10-34/h14-16,23H,3-13H2,1-2H3,(H,29,36)(H,30,37)(H,32,35)(H2,28,31,33). The predicted molar refractivity (Wildman–Crippen MR) is 152 cm³/mol. The lowest BCUT2D eigenvalue weighted by Crippen LogP contribution is -2.44. The number of hydrogen-bond donors (Lipinski definition) is 4. The molecule has 5 N–H and O–H groups in total. The summed E-state index contributed by atoms with van der Waals surface area (Å²) in [6, 6.07) is 5.59. The van der Waals surface area contributed by atoms with Crippen LogP contribution in [-0.4, -0.2) is 90.7 Å². The quantitative estimate of drug-likeness (QED) is 0.399. The minimum atomic E-state index is -0.831. The first-order valence-electron chi connectivity index (χ1n) is 13.5. The van der Waals surface area contributed by atoms with E-state index in [1.807, 2.05) is 32.0 Å². The van der Waals surface area contributed by atoms with E-state index in [0.717, 1.165) is 29.8 Å². The molecule has 4 rings (SSSR count). The van der Waals surface area contributed by atoms with Crippen molar-refractivity contribution in [3.8, 4) is 11.3 Å². The number of amides is 3. The van der Waals surface area contributed by atoms with Crippen LogP contribution >= 0.6 is 11.8 Å². The lowest BCUT2D eigenvalue weighted by molar-refractivity contribution is -0.123. The molecule has 3 heterocycles. The van der Waals surface area contributed by atoms with Crippen molar-refractivity contribution in [2.24, 2.45) is 0 Å². The van der Waals surface area contributed by atoms with Gasteiger partial charge in [0.1, 0.15) is 5.03 Å². The Morgan fingerprint density at radius 1 is 1.18 bits per heavy atom. The van der Waals surface area contributed by atoms with E-state index >= 15 is 0 Å². The van der Waals surface area contributed by atoms with E-state index in [2.05, 4.69) is 30.8 Å². The number of carbonyl (C=O) groups excluding carboxylic acids is 3. The number of nitrogens with two attached hydrogens (primary N) is 1. The third-order valence-corrected chi connectivity index (χ3v) is 7.61. The molecule has 0 spiro atoms. The van der Waals surface area contributed by atoms with Gasteiger partial charge in [0.15, 0.2) is 6.23 Å². The smallest absolute Gasteiger partial charge is 0.409 e. The Balaban J connectivity index is 1.44. The molecule has 1 saturated heterocycles. The van der Waals surface area contributed by atoms with Crippen LogP contribution in [0.3, 0.4) is 0 Å². The number of carbonyl (C=O) groups is 3. The molecule has 13 heteroatoms. The monoisotopic (exact) mass is 571 g/mol. The van der Waals surface area contributed by atoms with Crippen molar-refractivity contribution in [2.45, 2.75) is 44.4 Å². The number of morpholine rings is 1. The summed E-state index contributed by atoms with van der Waals surface area (Å²) < 4.78 is 10.9. The summed E-state index contributed by atoms with van der Waals surface area (Å²) in [6.45, 7) is 8.32. The maximum atomic E-state index is 13.1. The highest BCUT2D eigenvalue weighted by Crippen LogP contribution is 2.29. The van der Waals surface area contributed by atoms with Gasteiger partial charge in [-0.3, -0.25) is 14.5 Å². The SMILES string of the molecule is Cc1cc(C)c2cc1C(=O)NCCCC(OC(=O)NCCN1CCOCC1)NC(=O)CCSc1cc-2nc(N)n1. The van der Waals surface area contributed by atoms with E-state index in [4.69, 9.17) is 15.2 Å². The van der Waals surface area contributed by atoms with Crippen LogP contribution in [0.4, 0.5) is 10.7 Å². The summed E-state index contributed by atoms with van der Waals surface area (Å²) in [4.78, 5) is 49.1. The van der Waals surface area contributed by atoms with Gasteiger partial charge in [-0.15, -0.1) is 11.8 Å². The van der Waals surface area contributed by atoms with Gasteiger partial charge >= 0.3 is 6.09 Å². The molecule has 1 aromatic carbocycles. The largest absolute Gasteiger partial charge is 0.426 e. The Labute approximate surface area is 238 Å². The topological polar surface area (TPSA) is 161 Å². The summed E-state index contributed by atoms with van der Waals surface area (Å²) in [7, 11) is 0. The molecule has 0 aliphatic carbocycles. The van der Waals surface area contributed by atoms with Crippen LogP contribution in [0.1, 0.15) is 40.7 Å². The molecule has 4 bridgehead atoms. The van der Waals surface area contributed by atoms with Gasteiger partial charge in [-0.25, -0.2) is 14.8 Å². The van der Waals surface area contributed by atoms with E-state index in [0.29, 0.717) is 67.7 Å². The highest BCUT2D eigenvalue weighted by Gasteiger charge is 2.20. The minimum Gasteiger partial charge on any atom is -0.426 e. The van der Waals surface area contributed by atoms with Crippen molar-refractivity contribution in [3.63, 3.8) is 0 Å². The lowest BCUT2D eigenvalue weighted by Gasteiger charge is -2.26. The Morgan fingerprint density at radius 3 is 2.75 bits per heavy atom. The molecule has 1 unspecified atom stereocenters. The Morgan fingerprint density at radius 2 is 1.95 bits per heavy atom. The Hall–Kier alpha value is -3.42. The fraction of sp³-hybridized carbons (Fsp3) is 0.519. The van der Waals surface area contributed by atoms with Gasteiger partial charge < -0.3 is 31.2 Å². The molecule has 2 aliphatic heterocycles. The fourth-order valence-corrected chi connectivity index (χ4v) is 5.43. The number of nitrogen functional groups attached to an aromatic ring is 1. The number of fused-ring (bicyclic) bond motifs is 5. The van der Waals surface area contributed by atoms with Crippen LogP contribution in [0, 0.1) is 13.8 Å². The number of benzene rings is 1. The minimum absolute atomic E-state index is 0.112. The molecular weight excluding hydrogens is 534 g/mol. The normalized spacial score (nSPS) is 19.2. The van der Waals surface area contributed by atoms with Crippen molar-refractivity contribution in [3.05, 3.63) is 34.9 Å². The van der Waals surface area contributed by atoms with Crippen LogP contribution in [0.5, 0.6) is 0 Å². The summed E-state index contributed by atoms with van der Waals surface area (Å²) >= 11 is 1.38. The Kier molecular flexibility index (Phi) is 10.6. The van der Waals surface area contributed by atoms with Gasteiger partial charge in [-0.2, -0.15) is 0 Å². The predicted octanol–water partition coefficient (Wildman–Crippen LogP) is 1.85. The zero-order chi connectivity index (χ0) is 28.5. The number of hydrogen-bond acceptors (Lipinski definition) is 10. The van der Waals surface area contributed by atoms with Gasteiger partial charge in [0, 0.05) is 62.4 Å². The van der Waals surface area contributed by atoms with Crippen LogP contribution in [0.2, 0.25) is 0 Å². The molecular formula is C27H37N7O5S. The molecule has 216 valence electrons. The molecule has 0 radical (unpaired) electrons. The highest BCUT2D eigenvalue weighted by atomic mass is 32.2. The molecule has 2 aromatic rings. The number of thioether (sulfide) groups is 1. The van der Waals surface area contributed by atoms with Gasteiger partial charge in [0.05, 0.1) is 18.9 Å². The number of nitrogens with one attached hydrogen (secondary N) is 3. The Bertz CT molecular complexity index is 1220. The van der Waals surface area contributed by atoms with Gasteiger partial charge in [-0.05, 0) is 43.5 Å². The van der Waals surface area contributed by atoms with Crippen molar-refractivity contribution < 1.29 is 23.9 Å². The number of aryl methyl sites for hydroxylation is 2. The summed E-state index contributed by atoms with van der Waals surface area (Å²) in [5.41, 5.74) is 9.75. The molecule has 12 nitrogen and oxygen atoms in total. The number of anilines is 1. The first-order valence-corrected chi connectivity index (χ1v) is 14.5. The number of rotatable bonds is 4. The number of alkyl carbamates (subject to hydrolysis) is 1. The second kappa shape index (κ2) is 14.3. The first-order chi connectivity index (χ1) is 19.3. The van der Waals surface area contributed by atoms with E-state index in [9.17, 15) is 14.4 Å². The maximum absolute atomic E-state index is 13.1. The molecule has 0 saturated carbocycles. The number of aromatic nitrogens is 2. The number of nitrogens with zero attached hydrogens (tertiary/aromatic N) is 3. The van der Waals surface area contributed by atoms with Crippen molar-refractivity contribution in [1.29, 1.82) is 0 Å². The van der Waals surface area contributed by atoms with Crippen LogP contribution < -0.4 is 21.7 Å². The summed E-state index contributed by atoms with van der Waals surface area (Å²) in [5, 5.41) is 9.11. The summed E-state index contributed by atoms with van der Waals surface area (Å²) in [6.07, 6.45) is -0.409. The van der Waals surface area contributed by atoms with Crippen LogP contribution in [0.15, 0.2) is 23.2 Å². The second-order valence-electron chi connectivity index (χ2n) is 9.77. The van der Waals surface area contributed by atoms with E-state index < -0.39 is 12.3 Å². The van der Waals surface area contributed by atoms with Crippen LogP contribution in [-0.2, 0) is 14.3 Å². The van der Waals surface area contributed by atoms with E-state index in [-0.39, 0.29) is 24.2 Å². The second-order valence-corrected chi connectivity index (χ2v) is 10.9. The first kappa shape index (κ1) is 29.6. The lowest BCUT2D eigenvalue weighted by atomic mass is 9.97. The van der Waals surface area contributed by atoms with Crippen LogP contribution in [0.25, 0.3) is 11.3 Å². The average molecular weight is 572 g/mol. The molecule has 1 atom stereocenters. The molecule has 1 aromatic heterocycles. The van der Waals surface area contributed by atoms with Crippen molar-refractivity contribution in [2.75, 3.05) is 57.4 Å². The van der Waals surface area contributed by atoms with Gasteiger partial charge in [0.2, 0.25) is 11.9 Å². The van der Waals surface area contributed by atoms with Gasteiger partial charge in [-0.1, -0.05) is 6.07 Å².